The summed E-state index contributed by atoms with van der Waals surface area (Å²) >= 11 is 0. The standard InChI is InChI=1S/C16H30O3/c1-11(2)15(9-17-15)13(5,6)19-14(7,8)16(10-18-16)12(3)4/h11-12H,9-10H2,1-8H3. The van der Waals surface area contributed by atoms with Crippen LogP contribution in [0, 0.1) is 11.8 Å². The van der Waals surface area contributed by atoms with E-state index < -0.39 is 0 Å². The Bertz CT molecular complexity index is 313. The van der Waals surface area contributed by atoms with Crippen molar-refractivity contribution >= 4 is 0 Å². The second-order valence-electron chi connectivity index (χ2n) is 7.79. The van der Waals surface area contributed by atoms with E-state index in [1.165, 1.54) is 0 Å². The van der Waals surface area contributed by atoms with Crippen molar-refractivity contribution in [3.05, 3.63) is 0 Å². The Labute approximate surface area is 118 Å². The second kappa shape index (κ2) is 4.19. The summed E-state index contributed by atoms with van der Waals surface area (Å²) < 4.78 is 18.1. The highest BCUT2D eigenvalue weighted by Gasteiger charge is 2.66. The van der Waals surface area contributed by atoms with Gasteiger partial charge in [-0.2, -0.15) is 0 Å². The lowest BCUT2D eigenvalue weighted by atomic mass is 9.78. The molecular formula is C16H30O3. The molecule has 2 aliphatic heterocycles. The van der Waals surface area contributed by atoms with E-state index in [2.05, 4.69) is 55.4 Å². The van der Waals surface area contributed by atoms with Gasteiger partial charge in [-0.25, -0.2) is 0 Å². The van der Waals surface area contributed by atoms with Crippen molar-refractivity contribution in [1.82, 2.24) is 0 Å². The summed E-state index contributed by atoms with van der Waals surface area (Å²) in [5.41, 5.74) is -0.897. The van der Waals surface area contributed by atoms with Gasteiger partial charge in [0.15, 0.2) is 0 Å². The van der Waals surface area contributed by atoms with E-state index in [0.29, 0.717) is 11.8 Å². The number of hydrogen-bond donors (Lipinski definition) is 0. The molecule has 3 nitrogen and oxygen atoms in total. The van der Waals surface area contributed by atoms with E-state index in [0.717, 1.165) is 13.2 Å². The zero-order valence-electron chi connectivity index (χ0n) is 13.8. The molecule has 0 aromatic carbocycles. The molecule has 2 rings (SSSR count). The molecule has 0 saturated carbocycles. The van der Waals surface area contributed by atoms with Crippen molar-refractivity contribution < 1.29 is 14.2 Å². The highest BCUT2D eigenvalue weighted by molar-refractivity contribution is 5.13. The molecule has 19 heavy (non-hydrogen) atoms. The first-order valence-corrected chi connectivity index (χ1v) is 7.49. The monoisotopic (exact) mass is 270 g/mol. The van der Waals surface area contributed by atoms with Crippen LogP contribution in [0.25, 0.3) is 0 Å². The average Bonchev–Trinajstić information content (AvgIpc) is 3.10. The Balaban J connectivity index is 2.16. The molecule has 0 N–H and O–H groups in total. The van der Waals surface area contributed by atoms with Gasteiger partial charge in [0.25, 0.3) is 0 Å². The van der Waals surface area contributed by atoms with E-state index in [9.17, 15) is 0 Å². The van der Waals surface area contributed by atoms with Crippen LogP contribution in [0.1, 0.15) is 55.4 Å². The molecule has 2 atom stereocenters. The van der Waals surface area contributed by atoms with Gasteiger partial charge in [0.1, 0.15) is 11.2 Å². The van der Waals surface area contributed by atoms with Crippen LogP contribution in [0.5, 0.6) is 0 Å². The van der Waals surface area contributed by atoms with Gasteiger partial charge in [-0.15, -0.1) is 0 Å². The highest BCUT2D eigenvalue weighted by Crippen LogP contribution is 2.53. The van der Waals surface area contributed by atoms with Gasteiger partial charge in [0, 0.05) is 0 Å². The molecule has 0 aromatic rings. The Morgan fingerprint density at radius 1 is 0.789 bits per heavy atom. The molecule has 0 bridgehead atoms. The Kier molecular flexibility index (Phi) is 3.37. The van der Waals surface area contributed by atoms with Crippen LogP contribution in [0.2, 0.25) is 0 Å². The molecule has 0 aromatic heterocycles. The molecular weight excluding hydrogens is 240 g/mol. The van der Waals surface area contributed by atoms with Crippen molar-refractivity contribution in [2.75, 3.05) is 13.2 Å². The first kappa shape index (κ1) is 15.3. The van der Waals surface area contributed by atoms with Crippen LogP contribution in [-0.4, -0.2) is 35.6 Å². The van der Waals surface area contributed by atoms with Crippen molar-refractivity contribution in [3.63, 3.8) is 0 Å². The van der Waals surface area contributed by atoms with Gasteiger partial charge >= 0.3 is 0 Å². The van der Waals surface area contributed by atoms with Crippen LogP contribution in [-0.2, 0) is 14.2 Å². The van der Waals surface area contributed by atoms with Crippen molar-refractivity contribution in [2.24, 2.45) is 11.8 Å². The molecule has 3 heteroatoms. The predicted octanol–water partition coefficient (Wildman–Crippen LogP) is 3.41. The maximum Gasteiger partial charge on any atom is 0.122 e. The van der Waals surface area contributed by atoms with Gasteiger partial charge < -0.3 is 14.2 Å². The number of epoxide rings is 2. The third-order valence-electron chi connectivity index (χ3n) is 5.32. The minimum atomic E-state index is -0.307. The molecule has 2 heterocycles. The summed E-state index contributed by atoms with van der Waals surface area (Å²) in [6, 6.07) is 0. The predicted molar refractivity (Wildman–Crippen MR) is 76.3 cm³/mol. The van der Waals surface area contributed by atoms with Crippen molar-refractivity contribution in [3.8, 4) is 0 Å². The van der Waals surface area contributed by atoms with E-state index in [1.807, 2.05) is 0 Å². The smallest absolute Gasteiger partial charge is 0.122 e. The fourth-order valence-corrected chi connectivity index (χ4v) is 3.72. The van der Waals surface area contributed by atoms with E-state index >= 15 is 0 Å². The highest BCUT2D eigenvalue weighted by atomic mass is 16.7. The quantitative estimate of drug-likeness (QED) is 0.694. The lowest BCUT2D eigenvalue weighted by Gasteiger charge is -2.44. The minimum Gasteiger partial charge on any atom is -0.366 e. The van der Waals surface area contributed by atoms with Crippen LogP contribution in [0.3, 0.4) is 0 Å². The van der Waals surface area contributed by atoms with E-state index in [-0.39, 0.29) is 22.4 Å². The maximum atomic E-state index is 6.55. The van der Waals surface area contributed by atoms with E-state index in [1.54, 1.807) is 0 Å². The van der Waals surface area contributed by atoms with Gasteiger partial charge in [0.2, 0.25) is 0 Å². The summed E-state index contributed by atoms with van der Waals surface area (Å²) in [5, 5.41) is 0. The number of hydrogen-bond acceptors (Lipinski definition) is 3. The van der Waals surface area contributed by atoms with Gasteiger partial charge in [-0.1, -0.05) is 27.7 Å². The Morgan fingerprint density at radius 2 is 1.05 bits per heavy atom. The topological polar surface area (TPSA) is 34.3 Å². The molecule has 2 fully saturated rings. The lowest BCUT2D eigenvalue weighted by Crippen LogP contribution is -2.56. The largest absolute Gasteiger partial charge is 0.366 e. The Hall–Kier alpha value is -0.120. The first-order chi connectivity index (χ1) is 8.51. The summed E-state index contributed by atoms with van der Waals surface area (Å²) in [7, 11) is 0. The van der Waals surface area contributed by atoms with Crippen LogP contribution >= 0.6 is 0 Å². The molecule has 0 aliphatic carbocycles. The fourth-order valence-electron chi connectivity index (χ4n) is 3.72. The third kappa shape index (κ3) is 2.14. The SMILES string of the molecule is CC(C)C1(C(C)(C)OC(C)(C)C2(C(C)C)CO2)CO1. The maximum absolute atomic E-state index is 6.55. The molecule has 2 aliphatic rings. The van der Waals surface area contributed by atoms with Gasteiger partial charge in [0.05, 0.1) is 24.4 Å². The molecule has 0 spiro atoms. The van der Waals surface area contributed by atoms with Crippen LogP contribution in [0.4, 0.5) is 0 Å². The Morgan fingerprint density at radius 3 is 1.21 bits per heavy atom. The zero-order valence-corrected chi connectivity index (χ0v) is 13.8. The van der Waals surface area contributed by atoms with Crippen molar-refractivity contribution in [2.45, 2.75) is 77.8 Å². The minimum absolute atomic E-state index is 0.142. The van der Waals surface area contributed by atoms with Gasteiger partial charge in [-0.3, -0.25) is 0 Å². The molecule has 0 radical (unpaired) electrons. The number of ether oxygens (including phenoxy) is 3. The van der Waals surface area contributed by atoms with E-state index in [4.69, 9.17) is 14.2 Å². The molecule has 112 valence electrons. The third-order valence-corrected chi connectivity index (χ3v) is 5.32. The molecule has 2 saturated heterocycles. The lowest BCUT2D eigenvalue weighted by molar-refractivity contribution is -0.195. The second-order valence-corrected chi connectivity index (χ2v) is 7.79. The number of rotatable bonds is 6. The van der Waals surface area contributed by atoms with Crippen LogP contribution in [0.15, 0.2) is 0 Å². The normalized spacial score (nSPS) is 35.1. The zero-order chi connectivity index (χ0) is 14.7. The molecule has 0 amide bonds. The van der Waals surface area contributed by atoms with Gasteiger partial charge in [-0.05, 0) is 39.5 Å². The summed E-state index contributed by atoms with van der Waals surface area (Å²) in [6.45, 7) is 19.0. The summed E-state index contributed by atoms with van der Waals surface area (Å²) in [5.74, 6) is 0.904. The summed E-state index contributed by atoms with van der Waals surface area (Å²) in [6.07, 6.45) is 0. The van der Waals surface area contributed by atoms with Crippen molar-refractivity contribution in [1.29, 1.82) is 0 Å². The fraction of sp³-hybridized carbons (Fsp3) is 1.00. The summed E-state index contributed by atoms with van der Waals surface area (Å²) in [4.78, 5) is 0. The first-order valence-electron chi connectivity index (χ1n) is 7.49. The molecule has 2 unspecified atom stereocenters. The van der Waals surface area contributed by atoms with Crippen LogP contribution < -0.4 is 0 Å². The average molecular weight is 270 g/mol.